The van der Waals surface area contributed by atoms with Crippen LogP contribution in [-0.2, 0) is 16.3 Å². The number of fused-ring (bicyclic) bond motifs is 1. The Hall–Kier alpha value is -0.460. The van der Waals surface area contributed by atoms with E-state index in [1.165, 1.54) is 11.1 Å². The molecule has 2 unspecified atom stereocenters. The zero-order valence-corrected chi connectivity index (χ0v) is 14.5. The van der Waals surface area contributed by atoms with E-state index < -0.39 is 15.1 Å². The fraction of sp³-hybridized carbons (Fsp3) is 0.786. The smallest absolute Gasteiger partial charge is 0.156 e. The molecule has 2 atom stereocenters. The summed E-state index contributed by atoms with van der Waals surface area (Å²) in [4.78, 5) is 5.88. The topological polar surface area (TPSA) is 59.1 Å². The summed E-state index contributed by atoms with van der Waals surface area (Å²) in [5.74, 6) is 0. The Balaban J connectivity index is 2.40. The van der Waals surface area contributed by atoms with E-state index in [4.69, 9.17) is 0 Å². The van der Waals surface area contributed by atoms with E-state index in [1.807, 2.05) is 0 Å². The van der Waals surface area contributed by atoms with Crippen molar-refractivity contribution in [2.24, 2.45) is 5.41 Å². The molecule has 0 radical (unpaired) electrons. The highest BCUT2D eigenvalue weighted by Crippen LogP contribution is 2.44. The largest absolute Gasteiger partial charge is 0.309 e. The average Bonchev–Trinajstić information content (AvgIpc) is 2.69. The van der Waals surface area contributed by atoms with Gasteiger partial charge in [-0.05, 0) is 31.7 Å². The Morgan fingerprint density at radius 2 is 2.15 bits per heavy atom. The van der Waals surface area contributed by atoms with Gasteiger partial charge in [0.05, 0.1) is 5.69 Å². The van der Waals surface area contributed by atoms with E-state index >= 15 is 0 Å². The van der Waals surface area contributed by atoms with Crippen molar-refractivity contribution in [1.29, 1.82) is 0 Å². The molecule has 2 rings (SSSR count). The van der Waals surface area contributed by atoms with E-state index in [-0.39, 0.29) is 5.41 Å². The van der Waals surface area contributed by atoms with Gasteiger partial charge in [0, 0.05) is 17.2 Å². The van der Waals surface area contributed by atoms with Crippen molar-refractivity contribution in [2.45, 2.75) is 51.8 Å². The number of thiazole rings is 1. The molecule has 0 spiro atoms. The standard InChI is InChI=1S/C14H24N2O2S2/c1-6-15-10-7-14(3,4)8-11-12(10)19-13(16-11)9(2)20(5,17)18/h9-10,15H,6-8H2,1-5H3. The minimum Gasteiger partial charge on any atom is -0.309 e. The van der Waals surface area contributed by atoms with Crippen LogP contribution >= 0.6 is 11.3 Å². The average molecular weight is 316 g/mol. The molecule has 1 aromatic heterocycles. The van der Waals surface area contributed by atoms with Gasteiger partial charge in [-0.3, -0.25) is 0 Å². The van der Waals surface area contributed by atoms with Gasteiger partial charge in [0.15, 0.2) is 9.84 Å². The second-order valence-electron chi connectivity index (χ2n) is 6.49. The lowest BCUT2D eigenvalue weighted by Gasteiger charge is -2.34. The molecule has 0 saturated carbocycles. The van der Waals surface area contributed by atoms with Crippen LogP contribution in [0.5, 0.6) is 0 Å². The number of aromatic nitrogens is 1. The van der Waals surface area contributed by atoms with Gasteiger partial charge < -0.3 is 5.32 Å². The summed E-state index contributed by atoms with van der Waals surface area (Å²) < 4.78 is 23.5. The van der Waals surface area contributed by atoms with Crippen molar-refractivity contribution in [2.75, 3.05) is 12.8 Å². The summed E-state index contributed by atoms with van der Waals surface area (Å²) in [5, 5.41) is 3.73. The monoisotopic (exact) mass is 316 g/mol. The molecule has 4 nitrogen and oxygen atoms in total. The first-order valence-electron chi connectivity index (χ1n) is 7.06. The van der Waals surface area contributed by atoms with Gasteiger partial charge in [-0.25, -0.2) is 13.4 Å². The molecule has 0 aliphatic heterocycles. The predicted octanol–water partition coefficient (Wildman–Crippen LogP) is 2.87. The highest BCUT2D eigenvalue weighted by atomic mass is 32.2. The molecule has 1 aromatic rings. The van der Waals surface area contributed by atoms with Crippen LogP contribution in [-0.4, -0.2) is 26.2 Å². The fourth-order valence-corrected chi connectivity index (χ4v) is 4.90. The zero-order chi connectivity index (χ0) is 15.1. The summed E-state index contributed by atoms with van der Waals surface area (Å²) in [6.45, 7) is 9.24. The van der Waals surface area contributed by atoms with Crippen LogP contribution in [0.2, 0.25) is 0 Å². The van der Waals surface area contributed by atoms with Gasteiger partial charge in [-0.1, -0.05) is 20.8 Å². The normalized spacial score (nSPS) is 23.4. The van der Waals surface area contributed by atoms with Crippen molar-refractivity contribution in [1.82, 2.24) is 10.3 Å². The van der Waals surface area contributed by atoms with Gasteiger partial charge in [0.25, 0.3) is 0 Å². The third kappa shape index (κ3) is 3.23. The van der Waals surface area contributed by atoms with Gasteiger partial charge in [-0.2, -0.15) is 0 Å². The Morgan fingerprint density at radius 3 is 2.70 bits per heavy atom. The van der Waals surface area contributed by atoms with E-state index in [9.17, 15) is 8.42 Å². The highest BCUT2D eigenvalue weighted by molar-refractivity contribution is 7.91. The van der Waals surface area contributed by atoms with Crippen molar-refractivity contribution >= 4 is 21.2 Å². The van der Waals surface area contributed by atoms with Crippen molar-refractivity contribution in [3.63, 3.8) is 0 Å². The van der Waals surface area contributed by atoms with Crippen molar-refractivity contribution in [3.05, 3.63) is 15.6 Å². The fourth-order valence-electron chi connectivity index (χ4n) is 2.72. The summed E-state index contributed by atoms with van der Waals surface area (Å²) >= 11 is 1.57. The predicted molar refractivity (Wildman–Crippen MR) is 83.9 cm³/mol. The number of sulfone groups is 1. The van der Waals surface area contributed by atoms with Gasteiger partial charge in [0.2, 0.25) is 0 Å². The SMILES string of the molecule is CCNC1CC(C)(C)Cc2nc(C(C)S(C)(=O)=O)sc21. The summed E-state index contributed by atoms with van der Waals surface area (Å²) in [6.07, 6.45) is 3.28. The number of hydrogen-bond acceptors (Lipinski definition) is 5. The van der Waals surface area contributed by atoms with Crippen molar-refractivity contribution in [3.8, 4) is 0 Å². The van der Waals surface area contributed by atoms with Crippen LogP contribution in [0.15, 0.2) is 0 Å². The maximum absolute atomic E-state index is 11.7. The Bertz CT molecular complexity index is 590. The van der Waals surface area contributed by atoms with Crippen LogP contribution in [0.25, 0.3) is 0 Å². The molecule has 1 aliphatic carbocycles. The Labute approximate surface area is 125 Å². The van der Waals surface area contributed by atoms with Gasteiger partial charge in [0.1, 0.15) is 10.3 Å². The van der Waals surface area contributed by atoms with Gasteiger partial charge in [-0.15, -0.1) is 11.3 Å². The molecule has 0 aromatic carbocycles. The third-order valence-electron chi connectivity index (χ3n) is 3.90. The van der Waals surface area contributed by atoms with Crippen LogP contribution < -0.4 is 5.32 Å². The van der Waals surface area contributed by atoms with Crippen LogP contribution in [0.1, 0.15) is 61.0 Å². The lowest BCUT2D eigenvalue weighted by Crippen LogP contribution is -2.32. The van der Waals surface area contributed by atoms with Crippen LogP contribution in [0, 0.1) is 5.41 Å². The Morgan fingerprint density at radius 1 is 1.50 bits per heavy atom. The molecule has 114 valence electrons. The van der Waals surface area contributed by atoms with E-state index in [0.29, 0.717) is 6.04 Å². The summed E-state index contributed by atoms with van der Waals surface area (Å²) in [6, 6.07) is 0.303. The van der Waals surface area contributed by atoms with E-state index in [1.54, 1.807) is 18.3 Å². The molecule has 1 N–H and O–H groups in total. The van der Waals surface area contributed by atoms with E-state index in [2.05, 4.69) is 31.1 Å². The maximum atomic E-state index is 11.7. The number of hydrogen-bond donors (Lipinski definition) is 1. The molecule has 1 aliphatic rings. The first kappa shape index (κ1) is 15.9. The summed E-state index contributed by atoms with van der Waals surface area (Å²) in [7, 11) is -3.09. The second-order valence-corrected chi connectivity index (χ2v) is 9.92. The quantitative estimate of drug-likeness (QED) is 0.928. The second kappa shape index (κ2) is 5.39. The van der Waals surface area contributed by atoms with Gasteiger partial charge >= 0.3 is 0 Å². The van der Waals surface area contributed by atoms with Crippen LogP contribution in [0.3, 0.4) is 0 Å². The first-order valence-corrected chi connectivity index (χ1v) is 9.83. The van der Waals surface area contributed by atoms with E-state index in [0.717, 1.165) is 30.1 Å². The Kier molecular flexibility index (Phi) is 4.29. The van der Waals surface area contributed by atoms with Crippen LogP contribution in [0.4, 0.5) is 0 Å². The number of nitrogens with one attached hydrogen (secondary N) is 1. The maximum Gasteiger partial charge on any atom is 0.156 e. The molecular weight excluding hydrogens is 292 g/mol. The summed E-state index contributed by atoms with van der Waals surface area (Å²) in [5.41, 5.74) is 1.29. The molecule has 20 heavy (non-hydrogen) atoms. The first-order chi connectivity index (χ1) is 9.14. The lowest BCUT2D eigenvalue weighted by molar-refractivity contribution is 0.260. The third-order valence-corrected chi connectivity index (χ3v) is 6.95. The number of rotatable bonds is 4. The molecule has 0 saturated heterocycles. The van der Waals surface area contributed by atoms with Crippen molar-refractivity contribution < 1.29 is 8.42 Å². The lowest BCUT2D eigenvalue weighted by atomic mass is 9.76. The molecule has 1 heterocycles. The minimum absolute atomic E-state index is 0.208. The number of nitrogens with zero attached hydrogens (tertiary/aromatic N) is 1. The molecule has 0 amide bonds. The minimum atomic E-state index is -3.09. The molecule has 0 bridgehead atoms. The zero-order valence-electron chi connectivity index (χ0n) is 12.9. The highest BCUT2D eigenvalue weighted by Gasteiger charge is 2.36. The molecular formula is C14H24N2O2S2. The molecule has 0 fully saturated rings. The molecule has 6 heteroatoms.